The van der Waals surface area contributed by atoms with Gasteiger partial charge in [-0.1, -0.05) is 4.49 Å². The first-order chi connectivity index (χ1) is 8.20. The third kappa shape index (κ3) is 2.52. The molecule has 6 heteroatoms. The van der Waals surface area contributed by atoms with E-state index in [2.05, 4.69) is 15.7 Å². The summed E-state index contributed by atoms with van der Waals surface area (Å²) in [5.74, 6) is 0. The zero-order valence-corrected chi connectivity index (χ0v) is 10.1. The lowest BCUT2D eigenvalue weighted by atomic mass is 10.2. The van der Waals surface area contributed by atoms with E-state index in [9.17, 15) is 0 Å². The van der Waals surface area contributed by atoms with E-state index in [4.69, 9.17) is 11.0 Å². The van der Waals surface area contributed by atoms with E-state index in [-0.39, 0.29) is 0 Å². The first-order valence-corrected chi connectivity index (χ1v) is 5.76. The molecule has 0 aliphatic rings. The monoisotopic (exact) mass is 245 g/mol. The number of rotatable bonds is 3. The fourth-order valence-corrected chi connectivity index (χ4v) is 1.87. The summed E-state index contributed by atoms with van der Waals surface area (Å²) in [5.41, 5.74) is 8.18. The molecule has 0 bridgehead atoms. The Kier molecular flexibility index (Phi) is 3.21. The van der Waals surface area contributed by atoms with Crippen LogP contribution in [-0.4, -0.2) is 16.6 Å². The highest BCUT2D eigenvalue weighted by atomic mass is 32.1. The van der Waals surface area contributed by atoms with E-state index < -0.39 is 0 Å². The highest BCUT2D eigenvalue weighted by Gasteiger charge is 2.08. The van der Waals surface area contributed by atoms with Crippen molar-refractivity contribution in [3.63, 3.8) is 0 Å². The lowest BCUT2D eigenvalue weighted by Gasteiger charge is -2.17. The molecule has 0 unspecified atom stereocenters. The summed E-state index contributed by atoms with van der Waals surface area (Å²) in [7, 11) is 1.94. The van der Waals surface area contributed by atoms with Gasteiger partial charge in [0.25, 0.3) is 0 Å². The van der Waals surface area contributed by atoms with E-state index in [0.717, 1.165) is 11.4 Å². The summed E-state index contributed by atoms with van der Waals surface area (Å²) in [6, 6.07) is 9.46. The summed E-state index contributed by atoms with van der Waals surface area (Å²) in [5, 5.41) is 13.3. The average Bonchev–Trinajstić information content (AvgIpc) is 2.75. The van der Waals surface area contributed by atoms with Crippen LogP contribution >= 0.6 is 11.5 Å². The fourth-order valence-electron chi connectivity index (χ4n) is 1.43. The molecule has 0 saturated heterocycles. The lowest BCUT2D eigenvalue weighted by Crippen LogP contribution is -2.17. The molecule has 0 aliphatic carbocycles. The number of nitrogens with two attached hydrogens (primary N) is 1. The molecule has 0 aliphatic heterocycles. The minimum atomic E-state index is 0.605. The summed E-state index contributed by atoms with van der Waals surface area (Å²) in [6.45, 7) is 0.605. The van der Waals surface area contributed by atoms with Crippen LogP contribution in [-0.2, 0) is 6.54 Å². The Morgan fingerprint density at radius 1 is 1.41 bits per heavy atom. The van der Waals surface area contributed by atoms with Crippen LogP contribution in [0.5, 0.6) is 0 Å². The number of hydrogen-bond donors (Lipinski definition) is 1. The number of nitriles is 1. The van der Waals surface area contributed by atoms with Gasteiger partial charge in [0.15, 0.2) is 0 Å². The van der Waals surface area contributed by atoms with E-state index in [1.54, 1.807) is 12.1 Å². The molecule has 1 aromatic carbocycles. The maximum Gasteiger partial charge on any atom is 0.132 e. The van der Waals surface area contributed by atoms with Gasteiger partial charge in [0.1, 0.15) is 10.7 Å². The Hall–Kier alpha value is -2.13. The van der Waals surface area contributed by atoms with Gasteiger partial charge in [0, 0.05) is 24.3 Å². The molecule has 2 aromatic rings. The zero-order valence-electron chi connectivity index (χ0n) is 9.29. The van der Waals surface area contributed by atoms with Crippen molar-refractivity contribution in [2.45, 2.75) is 6.54 Å². The maximum atomic E-state index is 8.71. The van der Waals surface area contributed by atoms with E-state index in [1.165, 1.54) is 11.5 Å². The largest absolute Gasteiger partial charge is 0.388 e. The predicted octanol–water partition coefficient (Wildman–Crippen LogP) is 1.63. The highest BCUT2D eigenvalue weighted by Crippen LogP contribution is 2.19. The molecule has 0 saturated carbocycles. The number of aromatic nitrogens is 2. The predicted molar refractivity (Wildman–Crippen MR) is 67.6 cm³/mol. The van der Waals surface area contributed by atoms with Crippen molar-refractivity contribution in [2.75, 3.05) is 17.7 Å². The standard InChI is InChI=1S/C11H11N5S/c1-16(7-10-11(13)17-15-14-10)9-4-2-8(6-12)3-5-9/h2-5H,7,13H2,1H3. The van der Waals surface area contributed by atoms with Crippen LogP contribution in [0.3, 0.4) is 0 Å². The molecule has 1 aromatic heterocycles. The number of hydrogen-bond acceptors (Lipinski definition) is 6. The van der Waals surface area contributed by atoms with Gasteiger partial charge in [-0.15, -0.1) is 5.10 Å². The smallest absolute Gasteiger partial charge is 0.132 e. The number of anilines is 2. The van der Waals surface area contributed by atoms with Crippen molar-refractivity contribution in [2.24, 2.45) is 0 Å². The Morgan fingerprint density at radius 2 is 2.12 bits per heavy atom. The minimum absolute atomic E-state index is 0.605. The van der Waals surface area contributed by atoms with Gasteiger partial charge in [-0.25, -0.2) is 0 Å². The third-order valence-corrected chi connectivity index (χ3v) is 3.00. The van der Waals surface area contributed by atoms with Gasteiger partial charge in [0.2, 0.25) is 0 Å². The lowest BCUT2D eigenvalue weighted by molar-refractivity contribution is 0.874. The molecule has 0 fully saturated rings. The second-order valence-corrected chi connectivity index (χ2v) is 4.38. The molecule has 2 rings (SSSR count). The minimum Gasteiger partial charge on any atom is -0.388 e. The average molecular weight is 245 g/mol. The quantitative estimate of drug-likeness (QED) is 0.889. The Labute approximate surface area is 103 Å². The van der Waals surface area contributed by atoms with Gasteiger partial charge < -0.3 is 10.6 Å². The number of nitrogen functional groups attached to an aromatic ring is 1. The Balaban J connectivity index is 2.12. The van der Waals surface area contributed by atoms with Crippen LogP contribution in [0.1, 0.15) is 11.3 Å². The van der Waals surface area contributed by atoms with Crippen LogP contribution in [0.4, 0.5) is 10.7 Å². The van der Waals surface area contributed by atoms with Crippen LogP contribution in [0.15, 0.2) is 24.3 Å². The van der Waals surface area contributed by atoms with Crippen LogP contribution in [0, 0.1) is 11.3 Å². The Morgan fingerprint density at radius 3 is 2.65 bits per heavy atom. The highest BCUT2D eigenvalue weighted by molar-refractivity contribution is 7.09. The Bertz CT molecular complexity index is 540. The molecule has 86 valence electrons. The molecule has 17 heavy (non-hydrogen) atoms. The second kappa shape index (κ2) is 4.80. The molecule has 0 amide bonds. The van der Waals surface area contributed by atoms with Crippen molar-refractivity contribution in [1.29, 1.82) is 5.26 Å². The molecule has 0 atom stereocenters. The van der Waals surface area contributed by atoms with Crippen LogP contribution in [0.2, 0.25) is 0 Å². The first kappa shape index (κ1) is 11.4. The van der Waals surface area contributed by atoms with Gasteiger partial charge in [0.05, 0.1) is 18.2 Å². The molecule has 2 N–H and O–H groups in total. The zero-order chi connectivity index (χ0) is 12.3. The molecule has 0 radical (unpaired) electrons. The second-order valence-electron chi connectivity index (χ2n) is 3.60. The van der Waals surface area contributed by atoms with Crippen molar-refractivity contribution >= 4 is 22.2 Å². The number of nitrogens with zero attached hydrogens (tertiary/aromatic N) is 4. The van der Waals surface area contributed by atoms with E-state index >= 15 is 0 Å². The van der Waals surface area contributed by atoms with Crippen molar-refractivity contribution in [3.05, 3.63) is 35.5 Å². The molecule has 5 nitrogen and oxygen atoms in total. The van der Waals surface area contributed by atoms with Gasteiger partial charge in [-0.2, -0.15) is 5.26 Å². The van der Waals surface area contributed by atoms with Gasteiger partial charge >= 0.3 is 0 Å². The van der Waals surface area contributed by atoms with E-state index in [1.807, 2.05) is 24.1 Å². The maximum absolute atomic E-state index is 8.71. The molecule has 0 spiro atoms. The normalized spacial score (nSPS) is 9.88. The van der Waals surface area contributed by atoms with Crippen molar-refractivity contribution in [1.82, 2.24) is 9.59 Å². The van der Waals surface area contributed by atoms with E-state index in [0.29, 0.717) is 17.1 Å². The van der Waals surface area contributed by atoms with Crippen LogP contribution < -0.4 is 10.6 Å². The van der Waals surface area contributed by atoms with Crippen molar-refractivity contribution < 1.29 is 0 Å². The summed E-state index contributed by atoms with van der Waals surface area (Å²) in [4.78, 5) is 2.01. The SMILES string of the molecule is CN(Cc1nnsc1N)c1ccc(C#N)cc1. The first-order valence-electron chi connectivity index (χ1n) is 4.98. The van der Waals surface area contributed by atoms with Gasteiger partial charge in [-0.3, -0.25) is 0 Å². The fraction of sp³-hybridized carbons (Fsp3) is 0.182. The molecular weight excluding hydrogens is 234 g/mol. The molecular formula is C11H11N5S. The summed E-state index contributed by atoms with van der Waals surface area (Å²) >= 11 is 1.19. The topological polar surface area (TPSA) is 78.8 Å². The molecule has 1 heterocycles. The summed E-state index contributed by atoms with van der Waals surface area (Å²) < 4.78 is 3.79. The third-order valence-electron chi connectivity index (χ3n) is 2.41. The van der Waals surface area contributed by atoms with Crippen LogP contribution in [0.25, 0.3) is 0 Å². The number of benzene rings is 1. The van der Waals surface area contributed by atoms with Crippen molar-refractivity contribution in [3.8, 4) is 6.07 Å². The summed E-state index contributed by atoms with van der Waals surface area (Å²) in [6.07, 6.45) is 0. The van der Waals surface area contributed by atoms with Gasteiger partial charge in [-0.05, 0) is 24.3 Å².